The van der Waals surface area contributed by atoms with Gasteiger partial charge in [0.05, 0.1) is 11.4 Å². The van der Waals surface area contributed by atoms with E-state index < -0.39 is 0 Å². The molecule has 0 saturated carbocycles. The molecule has 0 aliphatic carbocycles. The van der Waals surface area contributed by atoms with Gasteiger partial charge in [0.25, 0.3) is 5.91 Å². The number of hydrogen-bond acceptors (Lipinski definition) is 3. The Morgan fingerprint density at radius 1 is 1.24 bits per heavy atom. The monoisotopic (exact) mass is 231 g/mol. The Bertz CT molecular complexity index is 441. The third-order valence-electron chi connectivity index (χ3n) is 2.99. The number of anilines is 1. The minimum Gasteiger partial charge on any atom is -0.293 e. The largest absolute Gasteiger partial charge is 0.293 e. The fraction of sp³-hybridized carbons (Fsp3) is 0.308. The Hall–Kier alpha value is -1.81. The van der Waals surface area contributed by atoms with Crippen molar-refractivity contribution in [3.8, 4) is 0 Å². The maximum absolute atomic E-state index is 12.4. The van der Waals surface area contributed by atoms with E-state index in [-0.39, 0.29) is 11.9 Å². The Morgan fingerprint density at radius 2 is 1.82 bits per heavy atom. The van der Waals surface area contributed by atoms with Gasteiger partial charge in [-0.15, -0.1) is 0 Å². The van der Waals surface area contributed by atoms with Crippen molar-refractivity contribution in [2.24, 2.45) is 0 Å². The van der Waals surface area contributed by atoms with Crippen LogP contribution in [0.2, 0.25) is 0 Å². The van der Waals surface area contributed by atoms with Gasteiger partial charge in [0.2, 0.25) is 0 Å². The first-order valence-corrected chi connectivity index (χ1v) is 5.52. The van der Waals surface area contributed by atoms with Gasteiger partial charge in [0, 0.05) is 7.05 Å². The summed E-state index contributed by atoms with van der Waals surface area (Å²) in [7, 11) is 5.63. The average Bonchev–Trinajstić information content (AvgIpc) is 2.51. The van der Waals surface area contributed by atoms with Crippen LogP contribution in [-0.4, -0.2) is 43.0 Å². The van der Waals surface area contributed by atoms with Crippen molar-refractivity contribution in [3.05, 3.63) is 42.6 Å². The summed E-state index contributed by atoms with van der Waals surface area (Å²) in [5.41, 5.74) is 1.66. The molecule has 4 heteroatoms. The van der Waals surface area contributed by atoms with Crippen LogP contribution in [-0.2, 0) is 4.79 Å². The summed E-state index contributed by atoms with van der Waals surface area (Å²) in [4.78, 5) is 14.2. The van der Waals surface area contributed by atoms with E-state index in [9.17, 15) is 4.79 Å². The van der Waals surface area contributed by atoms with Crippen molar-refractivity contribution in [1.82, 2.24) is 9.91 Å². The van der Waals surface area contributed by atoms with E-state index in [4.69, 9.17) is 0 Å². The molecular weight excluding hydrogens is 214 g/mol. The van der Waals surface area contributed by atoms with Gasteiger partial charge in [-0.3, -0.25) is 14.7 Å². The average molecular weight is 231 g/mol. The van der Waals surface area contributed by atoms with Crippen molar-refractivity contribution in [2.75, 3.05) is 26.2 Å². The summed E-state index contributed by atoms with van der Waals surface area (Å²) in [6.07, 6.45) is 0. The number of benzene rings is 1. The van der Waals surface area contributed by atoms with Gasteiger partial charge in [-0.25, -0.2) is 5.01 Å². The van der Waals surface area contributed by atoms with E-state index in [1.165, 1.54) is 0 Å². The van der Waals surface area contributed by atoms with Gasteiger partial charge in [-0.2, -0.15) is 0 Å². The smallest absolute Gasteiger partial charge is 0.269 e. The third-order valence-corrected chi connectivity index (χ3v) is 2.99. The molecule has 1 aromatic rings. The lowest BCUT2D eigenvalue weighted by molar-refractivity contribution is -0.121. The SMILES string of the molecule is C=C1C(N(C)C)C(=O)N(c2ccccc2)N1C. The first-order valence-electron chi connectivity index (χ1n) is 5.52. The molecule has 1 aromatic carbocycles. The van der Waals surface area contributed by atoms with E-state index in [1.54, 1.807) is 5.01 Å². The Morgan fingerprint density at radius 3 is 2.29 bits per heavy atom. The van der Waals surface area contributed by atoms with Crippen LogP contribution >= 0.6 is 0 Å². The molecule has 1 unspecified atom stereocenters. The van der Waals surface area contributed by atoms with Crippen LogP contribution in [0.4, 0.5) is 5.69 Å². The number of likely N-dealkylation sites (N-methyl/N-ethyl adjacent to an activating group) is 2. The summed E-state index contributed by atoms with van der Waals surface area (Å²) in [6, 6.07) is 9.33. The second kappa shape index (κ2) is 4.22. The zero-order valence-electron chi connectivity index (χ0n) is 10.4. The number of para-hydroxylation sites is 1. The molecule has 0 N–H and O–H groups in total. The van der Waals surface area contributed by atoms with Crippen LogP contribution < -0.4 is 5.01 Å². The van der Waals surface area contributed by atoms with Gasteiger partial charge in [-0.1, -0.05) is 24.8 Å². The minimum absolute atomic E-state index is 0.0358. The van der Waals surface area contributed by atoms with E-state index in [0.29, 0.717) is 0 Å². The standard InChI is InChI=1S/C13H17N3O/c1-10-12(14(2)3)13(17)16(15(10)4)11-8-6-5-7-9-11/h5-9,12H,1H2,2-4H3. The molecule has 1 aliphatic rings. The molecule has 1 heterocycles. The normalized spacial score (nSPS) is 20.6. The topological polar surface area (TPSA) is 26.8 Å². The molecule has 0 aromatic heterocycles. The molecule has 17 heavy (non-hydrogen) atoms. The number of amides is 1. The number of hydrogen-bond donors (Lipinski definition) is 0. The van der Waals surface area contributed by atoms with E-state index in [2.05, 4.69) is 6.58 Å². The first-order chi connectivity index (χ1) is 8.04. The Labute approximate surface area is 102 Å². The highest BCUT2D eigenvalue weighted by atomic mass is 16.2. The van der Waals surface area contributed by atoms with Crippen molar-refractivity contribution in [3.63, 3.8) is 0 Å². The van der Waals surface area contributed by atoms with Gasteiger partial charge in [0.15, 0.2) is 0 Å². The second-order valence-corrected chi connectivity index (χ2v) is 4.37. The van der Waals surface area contributed by atoms with Crippen molar-refractivity contribution >= 4 is 11.6 Å². The number of rotatable bonds is 2. The number of hydrazine groups is 1. The summed E-state index contributed by atoms with van der Waals surface area (Å²) < 4.78 is 0. The first kappa shape index (κ1) is 11.7. The van der Waals surface area contributed by atoms with Crippen molar-refractivity contribution in [1.29, 1.82) is 0 Å². The molecule has 0 radical (unpaired) electrons. The molecule has 2 rings (SSSR count). The van der Waals surface area contributed by atoms with Crippen LogP contribution in [0.5, 0.6) is 0 Å². The molecule has 0 spiro atoms. The zero-order chi connectivity index (χ0) is 12.6. The van der Waals surface area contributed by atoms with Gasteiger partial charge in [0.1, 0.15) is 6.04 Å². The van der Waals surface area contributed by atoms with Gasteiger partial charge < -0.3 is 0 Å². The molecule has 1 amide bonds. The van der Waals surface area contributed by atoms with E-state index >= 15 is 0 Å². The Kier molecular flexibility index (Phi) is 2.90. The number of carbonyl (C=O) groups excluding carboxylic acids is 1. The molecule has 90 valence electrons. The zero-order valence-corrected chi connectivity index (χ0v) is 10.4. The fourth-order valence-corrected chi connectivity index (χ4v) is 2.10. The maximum atomic E-state index is 12.4. The molecule has 1 aliphatic heterocycles. The summed E-state index contributed by atoms with van der Waals surface area (Å²) in [6.45, 7) is 3.99. The second-order valence-electron chi connectivity index (χ2n) is 4.37. The lowest BCUT2D eigenvalue weighted by Gasteiger charge is -2.25. The predicted molar refractivity (Wildman–Crippen MR) is 68.3 cm³/mol. The third kappa shape index (κ3) is 1.80. The highest BCUT2D eigenvalue weighted by Crippen LogP contribution is 2.28. The van der Waals surface area contributed by atoms with Crippen LogP contribution in [0.1, 0.15) is 0 Å². The maximum Gasteiger partial charge on any atom is 0.269 e. The predicted octanol–water partition coefficient (Wildman–Crippen LogP) is 1.32. The quantitative estimate of drug-likeness (QED) is 0.768. The van der Waals surface area contributed by atoms with E-state index in [1.807, 2.05) is 61.4 Å². The van der Waals surface area contributed by atoms with Crippen LogP contribution in [0.25, 0.3) is 0 Å². The van der Waals surface area contributed by atoms with Gasteiger partial charge in [-0.05, 0) is 26.2 Å². The molecule has 0 bridgehead atoms. The van der Waals surface area contributed by atoms with Crippen molar-refractivity contribution < 1.29 is 4.79 Å². The van der Waals surface area contributed by atoms with Crippen LogP contribution in [0.3, 0.4) is 0 Å². The lowest BCUT2D eigenvalue weighted by Crippen LogP contribution is -2.39. The highest BCUT2D eigenvalue weighted by Gasteiger charge is 2.41. The summed E-state index contributed by atoms with van der Waals surface area (Å²) in [5, 5.41) is 3.47. The fourth-order valence-electron chi connectivity index (χ4n) is 2.10. The number of carbonyl (C=O) groups is 1. The molecule has 1 atom stereocenters. The molecule has 4 nitrogen and oxygen atoms in total. The minimum atomic E-state index is -0.278. The molecular formula is C13H17N3O. The van der Waals surface area contributed by atoms with Crippen LogP contribution in [0.15, 0.2) is 42.6 Å². The van der Waals surface area contributed by atoms with E-state index in [0.717, 1.165) is 11.4 Å². The summed E-state index contributed by atoms with van der Waals surface area (Å²) in [5.74, 6) is 0.0358. The van der Waals surface area contributed by atoms with Crippen LogP contribution in [0, 0.1) is 0 Å². The number of nitrogens with zero attached hydrogens (tertiary/aromatic N) is 3. The lowest BCUT2D eigenvalue weighted by atomic mass is 10.2. The Balaban J connectivity index is 2.38. The van der Waals surface area contributed by atoms with Crippen molar-refractivity contribution in [2.45, 2.75) is 6.04 Å². The van der Waals surface area contributed by atoms with Gasteiger partial charge >= 0.3 is 0 Å². The molecule has 1 saturated heterocycles. The highest BCUT2D eigenvalue weighted by molar-refractivity contribution is 6.01. The summed E-state index contributed by atoms with van der Waals surface area (Å²) >= 11 is 0. The molecule has 1 fully saturated rings.